The van der Waals surface area contributed by atoms with Crippen LogP contribution in [0.4, 0.5) is 0 Å². The maximum atomic E-state index is 5.92. The molecule has 1 heterocycles. The summed E-state index contributed by atoms with van der Waals surface area (Å²) in [6, 6.07) is 0.169. The molecule has 1 aromatic heterocycles. The van der Waals surface area contributed by atoms with Gasteiger partial charge in [0.15, 0.2) is 0 Å². The van der Waals surface area contributed by atoms with Crippen molar-refractivity contribution in [3.05, 3.63) is 28.2 Å². The molecule has 13 heavy (non-hydrogen) atoms. The average Bonchev–Trinajstić information content (AvgIpc) is 2.33. The number of nitrogens with zero attached hydrogens (tertiary/aromatic N) is 1. The molecule has 0 amide bonds. The van der Waals surface area contributed by atoms with E-state index in [1.165, 1.54) is 0 Å². The number of thiazole rings is 1. The number of nitrogens with two attached hydrogens (primary N) is 1. The molecule has 1 unspecified atom stereocenters. The molecule has 1 aromatic rings. The molecule has 0 saturated carbocycles. The van der Waals surface area contributed by atoms with Crippen LogP contribution in [0.5, 0.6) is 0 Å². The Morgan fingerprint density at radius 1 is 1.77 bits per heavy atom. The van der Waals surface area contributed by atoms with Crippen LogP contribution in [-0.2, 0) is 6.42 Å². The second-order valence-electron chi connectivity index (χ2n) is 3.51. The lowest BCUT2D eigenvalue weighted by Crippen LogP contribution is -2.22. The standard InChI is InChI=1S/C10H16N2S/c1-7(2)4-9(11)5-10-12-8(3)6-13-10/h6,9H,1,4-5,11H2,2-3H3. The second-order valence-corrected chi connectivity index (χ2v) is 4.45. The first-order chi connectivity index (χ1) is 6.08. The van der Waals surface area contributed by atoms with Crippen LogP contribution in [0, 0.1) is 6.92 Å². The predicted molar refractivity (Wildman–Crippen MR) is 58.0 cm³/mol. The molecule has 1 rings (SSSR count). The van der Waals surface area contributed by atoms with Gasteiger partial charge in [0, 0.05) is 23.5 Å². The third kappa shape index (κ3) is 3.70. The highest BCUT2D eigenvalue weighted by Gasteiger charge is 2.06. The van der Waals surface area contributed by atoms with Crippen LogP contribution in [-0.4, -0.2) is 11.0 Å². The Balaban J connectivity index is 2.44. The molecule has 2 N–H and O–H groups in total. The summed E-state index contributed by atoms with van der Waals surface area (Å²) in [5.41, 5.74) is 8.15. The van der Waals surface area contributed by atoms with Crippen molar-refractivity contribution in [2.24, 2.45) is 5.73 Å². The molecule has 0 aliphatic rings. The Kier molecular flexibility index (Phi) is 3.63. The van der Waals surface area contributed by atoms with Gasteiger partial charge in [0.1, 0.15) is 0 Å². The highest BCUT2D eigenvalue weighted by molar-refractivity contribution is 7.09. The van der Waals surface area contributed by atoms with Gasteiger partial charge in [0.05, 0.1) is 5.01 Å². The van der Waals surface area contributed by atoms with Crippen molar-refractivity contribution in [1.82, 2.24) is 4.98 Å². The largest absolute Gasteiger partial charge is 0.327 e. The van der Waals surface area contributed by atoms with E-state index in [1.54, 1.807) is 11.3 Å². The monoisotopic (exact) mass is 196 g/mol. The lowest BCUT2D eigenvalue weighted by atomic mass is 10.1. The van der Waals surface area contributed by atoms with Gasteiger partial charge in [-0.2, -0.15) is 0 Å². The summed E-state index contributed by atoms with van der Waals surface area (Å²) >= 11 is 1.68. The summed E-state index contributed by atoms with van der Waals surface area (Å²) in [6.45, 7) is 7.86. The zero-order valence-electron chi connectivity index (χ0n) is 8.21. The van der Waals surface area contributed by atoms with Crippen LogP contribution in [0.25, 0.3) is 0 Å². The third-order valence-electron chi connectivity index (χ3n) is 1.71. The fraction of sp³-hybridized carbons (Fsp3) is 0.500. The Hall–Kier alpha value is -0.670. The van der Waals surface area contributed by atoms with Gasteiger partial charge < -0.3 is 5.73 Å². The average molecular weight is 196 g/mol. The van der Waals surface area contributed by atoms with E-state index in [4.69, 9.17) is 5.73 Å². The second kappa shape index (κ2) is 4.53. The molecule has 1 atom stereocenters. The minimum Gasteiger partial charge on any atom is -0.327 e. The number of aromatic nitrogens is 1. The number of rotatable bonds is 4. The molecule has 0 aromatic carbocycles. The Labute approximate surface area is 83.5 Å². The van der Waals surface area contributed by atoms with Crippen molar-refractivity contribution in [3.63, 3.8) is 0 Å². The van der Waals surface area contributed by atoms with Crippen LogP contribution in [0.15, 0.2) is 17.5 Å². The van der Waals surface area contributed by atoms with E-state index in [0.717, 1.165) is 29.1 Å². The maximum absolute atomic E-state index is 5.92. The molecule has 3 heteroatoms. The zero-order chi connectivity index (χ0) is 9.84. The molecule has 0 fully saturated rings. The zero-order valence-corrected chi connectivity index (χ0v) is 9.03. The van der Waals surface area contributed by atoms with E-state index in [0.29, 0.717) is 0 Å². The summed E-state index contributed by atoms with van der Waals surface area (Å²) in [6.07, 6.45) is 1.75. The van der Waals surface area contributed by atoms with Gasteiger partial charge in [-0.25, -0.2) is 4.98 Å². The van der Waals surface area contributed by atoms with Gasteiger partial charge in [-0.1, -0.05) is 5.57 Å². The summed E-state index contributed by atoms with van der Waals surface area (Å²) in [5.74, 6) is 0. The van der Waals surface area contributed by atoms with Gasteiger partial charge in [-0.05, 0) is 20.3 Å². The highest BCUT2D eigenvalue weighted by atomic mass is 32.1. The number of aryl methyl sites for hydroxylation is 1. The van der Waals surface area contributed by atoms with Crippen LogP contribution < -0.4 is 5.73 Å². The van der Waals surface area contributed by atoms with Gasteiger partial charge in [-0.15, -0.1) is 17.9 Å². The minimum atomic E-state index is 0.169. The fourth-order valence-corrected chi connectivity index (χ4v) is 2.11. The molecule has 0 aliphatic heterocycles. The molecule has 2 nitrogen and oxygen atoms in total. The minimum absolute atomic E-state index is 0.169. The lowest BCUT2D eigenvalue weighted by molar-refractivity contribution is 0.658. The van der Waals surface area contributed by atoms with Gasteiger partial charge in [0.25, 0.3) is 0 Å². The van der Waals surface area contributed by atoms with Crippen molar-refractivity contribution in [2.45, 2.75) is 32.7 Å². The fourth-order valence-electron chi connectivity index (χ4n) is 1.24. The molecule has 0 spiro atoms. The molecular formula is C10H16N2S. The molecule has 0 saturated heterocycles. The van der Waals surface area contributed by atoms with Crippen molar-refractivity contribution in [3.8, 4) is 0 Å². The molecular weight excluding hydrogens is 180 g/mol. The van der Waals surface area contributed by atoms with E-state index in [9.17, 15) is 0 Å². The van der Waals surface area contributed by atoms with Crippen LogP contribution in [0.2, 0.25) is 0 Å². The lowest BCUT2D eigenvalue weighted by Gasteiger charge is -2.08. The smallest absolute Gasteiger partial charge is 0.0943 e. The van der Waals surface area contributed by atoms with Gasteiger partial charge >= 0.3 is 0 Å². The van der Waals surface area contributed by atoms with E-state index in [-0.39, 0.29) is 6.04 Å². The number of hydrogen-bond donors (Lipinski definition) is 1. The molecule has 72 valence electrons. The first-order valence-electron chi connectivity index (χ1n) is 4.39. The van der Waals surface area contributed by atoms with E-state index < -0.39 is 0 Å². The number of hydrogen-bond acceptors (Lipinski definition) is 3. The van der Waals surface area contributed by atoms with Crippen LogP contribution in [0.1, 0.15) is 24.0 Å². The van der Waals surface area contributed by atoms with Crippen LogP contribution in [0.3, 0.4) is 0 Å². The molecule has 0 radical (unpaired) electrons. The Morgan fingerprint density at radius 2 is 2.46 bits per heavy atom. The van der Waals surface area contributed by atoms with E-state index >= 15 is 0 Å². The van der Waals surface area contributed by atoms with Crippen molar-refractivity contribution >= 4 is 11.3 Å². The molecule has 0 aliphatic carbocycles. The first kappa shape index (κ1) is 10.4. The Bertz CT molecular complexity index is 291. The summed E-state index contributed by atoms with van der Waals surface area (Å²) in [4.78, 5) is 4.37. The third-order valence-corrected chi connectivity index (χ3v) is 2.70. The SMILES string of the molecule is C=C(C)CC(N)Cc1nc(C)cs1. The van der Waals surface area contributed by atoms with E-state index in [1.807, 2.05) is 13.8 Å². The van der Waals surface area contributed by atoms with Crippen molar-refractivity contribution in [1.29, 1.82) is 0 Å². The normalized spacial score (nSPS) is 12.8. The highest BCUT2D eigenvalue weighted by Crippen LogP contribution is 2.12. The summed E-state index contributed by atoms with van der Waals surface area (Å²) in [7, 11) is 0. The van der Waals surface area contributed by atoms with Gasteiger partial charge in [0.2, 0.25) is 0 Å². The molecule has 0 bridgehead atoms. The topological polar surface area (TPSA) is 38.9 Å². The predicted octanol–water partition coefficient (Wildman–Crippen LogP) is 2.29. The first-order valence-corrected chi connectivity index (χ1v) is 5.27. The summed E-state index contributed by atoms with van der Waals surface area (Å²) < 4.78 is 0. The quantitative estimate of drug-likeness (QED) is 0.750. The Morgan fingerprint density at radius 3 is 2.92 bits per heavy atom. The van der Waals surface area contributed by atoms with E-state index in [2.05, 4.69) is 16.9 Å². The van der Waals surface area contributed by atoms with Crippen molar-refractivity contribution < 1.29 is 0 Å². The van der Waals surface area contributed by atoms with Crippen molar-refractivity contribution in [2.75, 3.05) is 0 Å². The summed E-state index contributed by atoms with van der Waals surface area (Å²) in [5, 5.41) is 3.19. The maximum Gasteiger partial charge on any atom is 0.0943 e. The van der Waals surface area contributed by atoms with Crippen LogP contribution >= 0.6 is 11.3 Å². The van der Waals surface area contributed by atoms with Gasteiger partial charge in [-0.3, -0.25) is 0 Å².